The van der Waals surface area contributed by atoms with Gasteiger partial charge in [-0.2, -0.15) is 0 Å². The number of hydrogen-bond acceptors (Lipinski definition) is 3. The van der Waals surface area contributed by atoms with Crippen LogP contribution in [-0.4, -0.2) is 28.0 Å². The average molecular weight is 330 g/mol. The van der Waals surface area contributed by atoms with E-state index in [0.29, 0.717) is 19.4 Å². The van der Waals surface area contributed by atoms with Gasteiger partial charge in [0.15, 0.2) is 0 Å². The zero-order valence-corrected chi connectivity index (χ0v) is 11.4. The lowest BCUT2D eigenvalue weighted by Crippen LogP contribution is -2.20. The van der Waals surface area contributed by atoms with Crippen LogP contribution in [0.1, 0.15) is 26.7 Å². The molecule has 5 heteroatoms. The van der Waals surface area contributed by atoms with Gasteiger partial charge in [0.2, 0.25) is 0 Å². The van der Waals surface area contributed by atoms with Crippen molar-refractivity contribution in [2.45, 2.75) is 36.3 Å². The van der Waals surface area contributed by atoms with Gasteiger partial charge in [0.25, 0.3) is 0 Å². The normalized spacial score (nSPS) is 14.6. The molecule has 0 aliphatic rings. The zero-order chi connectivity index (χ0) is 11.1. The molecule has 0 radical (unpaired) electrons. The number of ether oxygens (including phenoxy) is 1. The molecule has 14 heavy (non-hydrogen) atoms. The summed E-state index contributed by atoms with van der Waals surface area (Å²) >= 11 is 6.45. The first-order valence-electron chi connectivity index (χ1n) is 4.44. The number of halogens is 2. The van der Waals surface area contributed by atoms with E-state index in [1.54, 1.807) is 6.92 Å². The van der Waals surface area contributed by atoms with Crippen LogP contribution in [-0.2, 0) is 14.3 Å². The lowest BCUT2D eigenvalue weighted by molar-refractivity contribution is -0.142. The zero-order valence-electron chi connectivity index (χ0n) is 8.26. The molecule has 0 saturated carbocycles. The Bertz CT molecular complexity index is 206. The van der Waals surface area contributed by atoms with E-state index in [9.17, 15) is 9.59 Å². The molecule has 0 aromatic carbocycles. The van der Waals surface area contributed by atoms with E-state index in [1.807, 2.05) is 0 Å². The van der Waals surface area contributed by atoms with Gasteiger partial charge in [-0.05, 0) is 26.7 Å². The number of ketones is 1. The minimum atomic E-state index is -0.318. The van der Waals surface area contributed by atoms with Gasteiger partial charge in [0.1, 0.15) is 10.6 Å². The maximum Gasteiger partial charge on any atom is 0.319 e. The van der Waals surface area contributed by atoms with Crippen molar-refractivity contribution in [3.63, 3.8) is 0 Å². The number of esters is 1. The summed E-state index contributed by atoms with van der Waals surface area (Å²) in [6.45, 7) is 3.67. The van der Waals surface area contributed by atoms with Crippen LogP contribution < -0.4 is 0 Å². The number of alkyl halides is 2. The molecule has 82 valence electrons. The molecule has 0 N–H and O–H groups in total. The number of carbonyl (C=O) groups is 2. The Morgan fingerprint density at radius 2 is 1.71 bits per heavy atom. The Hall–Kier alpha value is 0.1000. The highest BCUT2D eigenvalue weighted by molar-refractivity contribution is 9.10. The fraction of sp³-hybridized carbons (Fsp3) is 0.778. The Morgan fingerprint density at radius 1 is 1.21 bits per heavy atom. The molecule has 0 spiro atoms. The van der Waals surface area contributed by atoms with E-state index in [2.05, 4.69) is 31.9 Å². The second-order valence-electron chi connectivity index (χ2n) is 2.88. The van der Waals surface area contributed by atoms with Gasteiger partial charge in [0, 0.05) is 0 Å². The standard InChI is InChI=1S/C9H14Br2O3/c1-3-14-9(13)8(11)5-4-7(10)6(2)12/h7-8H,3-5H2,1-2H3/t7-,8+/m1/s1. The van der Waals surface area contributed by atoms with Gasteiger partial charge in [0.05, 0.1) is 11.4 Å². The van der Waals surface area contributed by atoms with E-state index >= 15 is 0 Å². The quantitative estimate of drug-likeness (QED) is 0.555. The maximum atomic E-state index is 11.2. The van der Waals surface area contributed by atoms with Crippen LogP contribution in [0.4, 0.5) is 0 Å². The van der Waals surface area contributed by atoms with Crippen LogP contribution in [0.5, 0.6) is 0 Å². The summed E-state index contributed by atoms with van der Waals surface area (Å²) in [4.78, 5) is 21.5. The molecule has 0 aromatic heterocycles. The van der Waals surface area contributed by atoms with Crippen LogP contribution in [0.3, 0.4) is 0 Å². The monoisotopic (exact) mass is 328 g/mol. The minimum absolute atomic E-state index is 0.0774. The molecular weight excluding hydrogens is 316 g/mol. The van der Waals surface area contributed by atoms with Crippen molar-refractivity contribution in [3.8, 4) is 0 Å². The van der Waals surface area contributed by atoms with Crippen molar-refractivity contribution in [1.29, 1.82) is 0 Å². The minimum Gasteiger partial charge on any atom is -0.465 e. The molecule has 0 unspecified atom stereocenters. The third-order valence-corrected chi connectivity index (χ3v) is 3.59. The molecule has 0 fully saturated rings. The number of carbonyl (C=O) groups excluding carboxylic acids is 2. The maximum absolute atomic E-state index is 11.2. The molecule has 0 saturated heterocycles. The fourth-order valence-electron chi connectivity index (χ4n) is 0.846. The molecule has 0 aliphatic carbocycles. The summed E-state index contributed by atoms with van der Waals surface area (Å²) in [6.07, 6.45) is 1.22. The Balaban J connectivity index is 3.78. The van der Waals surface area contributed by atoms with Crippen molar-refractivity contribution >= 4 is 43.6 Å². The van der Waals surface area contributed by atoms with Crippen molar-refractivity contribution in [3.05, 3.63) is 0 Å². The Morgan fingerprint density at radius 3 is 2.14 bits per heavy atom. The summed E-state index contributed by atoms with van der Waals surface area (Å²) in [5.74, 6) is -0.190. The van der Waals surface area contributed by atoms with Crippen molar-refractivity contribution in [2.24, 2.45) is 0 Å². The van der Waals surface area contributed by atoms with Gasteiger partial charge in [-0.3, -0.25) is 9.59 Å². The number of rotatable bonds is 6. The van der Waals surface area contributed by atoms with Gasteiger partial charge in [-0.15, -0.1) is 0 Å². The highest BCUT2D eigenvalue weighted by Gasteiger charge is 2.18. The van der Waals surface area contributed by atoms with Crippen molar-refractivity contribution in [1.82, 2.24) is 0 Å². The van der Waals surface area contributed by atoms with Crippen molar-refractivity contribution in [2.75, 3.05) is 6.61 Å². The van der Waals surface area contributed by atoms with E-state index in [4.69, 9.17) is 4.74 Å². The molecule has 3 nitrogen and oxygen atoms in total. The second-order valence-corrected chi connectivity index (χ2v) is 5.09. The highest BCUT2D eigenvalue weighted by Crippen LogP contribution is 2.16. The lowest BCUT2D eigenvalue weighted by atomic mass is 10.1. The highest BCUT2D eigenvalue weighted by atomic mass is 79.9. The average Bonchev–Trinajstić information content (AvgIpc) is 2.13. The first kappa shape index (κ1) is 14.1. The number of Topliss-reactive ketones (excluding diaryl/α,β-unsaturated/α-hetero) is 1. The van der Waals surface area contributed by atoms with Gasteiger partial charge in [-0.1, -0.05) is 31.9 Å². The molecule has 2 atom stereocenters. The predicted octanol–water partition coefficient (Wildman–Crippen LogP) is 2.45. The Kier molecular flexibility index (Phi) is 7.45. The van der Waals surface area contributed by atoms with Crippen LogP contribution >= 0.6 is 31.9 Å². The molecule has 0 amide bonds. The summed E-state index contributed by atoms with van der Waals surface area (Å²) in [5, 5.41) is 0. The smallest absolute Gasteiger partial charge is 0.319 e. The summed E-state index contributed by atoms with van der Waals surface area (Å²) in [7, 11) is 0. The summed E-state index contributed by atoms with van der Waals surface area (Å²) in [5.41, 5.74) is 0. The van der Waals surface area contributed by atoms with E-state index in [1.165, 1.54) is 6.92 Å². The Labute approximate surface area is 101 Å². The summed E-state index contributed by atoms with van der Waals surface area (Å²) in [6, 6.07) is 0. The topological polar surface area (TPSA) is 43.4 Å². The van der Waals surface area contributed by atoms with Gasteiger partial charge < -0.3 is 4.74 Å². The van der Waals surface area contributed by atoms with Crippen LogP contribution in [0.15, 0.2) is 0 Å². The van der Waals surface area contributed by atoms with Gasteiger partial charge in [-0.25, -0.2) is 0 Å². The lowest BCUT2D eigenvalue weighted by Gasteiger charge is -2.10. The first-order chi connectivity index (χ1) is 6.49. The van der Waals surface area contributed by atoms with Crippen LogP contribution in [0.25, 0.3) is 0 Å². The summed E-state index contributed by atoms with van der Waals surface area (Å²) < 4.78 is 4.81. The van der Waals surface area contributed by atoms with Crippen LogP contribution in [0, 0.1) is 0 Å². The first-order valence-corrected chi connectivity index (χ1v) is 6.27. The van der Waals surface area contributed by atoms with Gasteiger partial charge >= 0.3 is 5.97 Å². The van der Waals surface area contributed by atoms with E-state index in [0.717, 1.165) is 0 Å². The van der Waals surface area contributed by atoms with Crippen LogP contribution in [0.2, 0.25) is 0 Å². The SMILES string of the molecule is CCOC(=O)[C@@H](Br)CC[C@@H](Br)C(C)=O. The third-order valence-electron chi connectivity index (χ3n) is 1.66. The van der Waals surface area contributed by atoms with Crippen molar-refractivity contribution < 1.29 is 14.3 Å². The largest absolute Gasteiger partial charge is 0.465 e. The molecule has 0 bridgehead atoms. The fourth-order valence-corrected chi connectivity index (χ4v) is 1.51. The molecule has 0 heterocycles. The second kappa shape index (κ2) is 7.40. The van der Waals surface area contributed by atoms with E-state index < -0.39 is 0 Å². The predicted molar refractivity (Wildman–Crippen MR) is 62.0 cm³/mol. The van der Waals surface area contributed by atoms with E-state index in [-0.39, 0.29) is 21.4 Å². The molecule has 0 aromatic rings. The third kappa shape index (κ3) is 5.75. The molecule has 0 rings (SSSR count). The number of hydrogen-bond donors (Lipinski definition) is 0. The molecular formula is C9H14Br2O3. The molecule has 0 aliphatic heterocycles.